The van der Waals surface area contributed by atoms with Crippen LogP contribution in [0.3, 0.4) is 0 Å². The van der Waals surface area contributed by atoms with E-state index in [4.69, 9.17) is 0 Å². The van der Waals surface area contributed by atoms with Gasteiger partial charge < -0.3 is 14.8 Å². The van der Waals surface area contributed by atoms with Gasteiger partial charge in [0.15, 0.2) is 0 Å². The molecule has 1 fully saturated rings. The average Bonchev–Trinajstić information content (AvgIpc) is 3.28. The van der Waals surface area contributed by atoms with Crippen molar-refractivity contribution in [2.24, 2.45) is 5.41 Å². The highest BCUT2D eigenvalue weighted by Crippen LogP contribution is 2.31. The molecule has 2 aliphatic heterocycles. The van der Waals surface area contributed by atoms with Gasteiger partial charge in [0, 0.05) is 50.5 Å². The lowest BCUT2D eigenvalue weighted by molar-refractivity contribution is -0.112. The SMILES string of the molecule is CC(C)(C)CN1CCN(c2ccc(NC(=O)C(=O)c3c(-c4ccccc4)cc4n3CCCC4)nc2)CC1. The molecule has 0 bridgehead atoms. The maximum Gasteiger partial charge on any atom is 0.299 e. The molecule has 1 N–H and O–H groups in total. The molecule has 0 unspecified atom stereocenters. The summed E-state index contributed by atoms with van der Waals surface area (Å²) in [5.74, 6) is -0.785. The van der Waals surface area contributed by atoms with Crippen molar-refractivity contribution in [1.82, 2.24) is 14.5 Å². The van der Waals surface area contributed by atoms with E-state index in [-0.39, 0.29) is 0 Å². The highest BCUT2D eigenvalue weighted by atomic mass is 16.2. The van der Waals surface area contributed by atoms with Crippen LogP contribution in [-0.4, -0.2) is 58.9 Å². The first kappa shape index (κ1) is 25.2. The summed E-state index contributed by atoms with van der Waals surface area (Å²) < 4.78 is 2.03. The molecule has 2 aliphatic rings. The maximum atomic E-state index is 13.4. The van der Waals surface area contributed by atoms with Crippen LogP contribution < -0.4 is 10.2 Å². The maximum absolute atomic E-state index is 13.4. The number of carbonyl (C=O) groups is 2. The van der Waals surface area contributed by atoms with Gasteiger partial charge in [-0.2, -0.15) is 0 Å². The van der Waals surface area contributed by atoms with E-state index < -0.39 is 11.7 Å². The number of ketones is 1. The van der Waals surface area contributed by atoms with Gasteiger partial charge in [-0.3, -0.25) is 14.5 Å². The number of fused-ring (bicyclic) bond motifs is 1. The van der Waals surface area contributed by atoms with Gasteiger partial charge in [-0.25, -0.2) is 4.98 Å². The van der Waals surface area contributed by atoms with E-state index in [9.17, 15) is 9.59 Å². The number of aromatic nitrogens is 2. The minimum absolute atomic E-state index is 0.295. The first-order chi connectivity index (χ1) is 17.8. The molecule has 0 atom stereocenters. The van der Waals surface area contributed by atoms with Crippen molar-refractivity contribution in [2.75, 3.05) is 42.9 Å². The number of hydrogen-bond acceptors (Lipinski definition) is 5. The Morgan fingerprint density at radius 1 is 0.946 bits per heavy atom. The number of hydrogen-bond donors (Lipinski definition) is 1. The Bertz CT molecular complexity index is 1250. The number of aryl methyl sites for hydroxylation is 1. The second-order valence-corrected chi connectivity index (χ2v) is 11.4. The van der Waals surface area contributed by atoms with Crippen LogP contribution in [0.2, 0.25) is 0 Å². The average molecular weight is 500 g/mol. The number of piperazine rings is 1. The van der Waals surface area contributed by atoms with Crippen LogP contribution >= 0.6 is 0 Å². The van der Waals surface area contributed by atoms with Gasteiger partial charge in [0.2, 0.25) is 0 Å². The highest BCUT2D eigenvalue weighted by molar-refractivity contribution is 6.47. The van der Waals surface area contributed by atoms with E-state index in [1.54, 1.807) is 12.3 Å². The number of benzene rings is 1. The second-order valence-electron chi connectivity index (χ2n) is 11.4. The summed E-state index contributed by atoms with van der Waals surface area (Å²) in [5, 5.41) is 2.74. The molecule has 1 amide bonds. The quantitative estimate of drug-likeness (QED) is 0.387. The molecule has 7 nitrogen and oxygen atoms in total. The molecular weight excluding hydrogens is 462 g/mol. The number of Topliss-reactive ketones (excluding diaryl/α,β-unsaturated/α-hetero) is 1. The van der Waals surface area contributed by atoms with Crippen molar-refractivity contribution in [1.29, 1.82) is 0 Å². The summed E-state index contributed by atoms with van der Waals surface area (Å²) in [4.78, 5) is 35.8. The molecule has 0 radical (unpaired) electrons. The Morgan fingerprint density at radius 2 is 1.70 bits per heavy atom. The molecule has 5 rings (SSSR count). The summed E-state index contributed by atoms with van der Waals surface area (Å²) in [6.45, 7) is 12.6. The van der Waals surface area contributed by atoms with E-state index >= 15 is 0 Å². The molecule has 3 aromatic rings. The summed E-state index contributed by atoms with van der Waals surface area (Å²) in [6, 6.07) is 15.7. The van der Waals surface area contributed by atoms with Crippen LogP contribution in [0.15, 0.2) is 54.7 Å². The lowest BCUT2D eigenvalue weighted by Crippen LogP contribution is -2.48. The van der Waals surface area contributed by atoms with Crippen molar-refractivity contribution >= 4 is 23.2 Å². The topological polar surface area (TPSA) is 70.5 Å². The van der Waals surface area contributed by atoms with Crippen LogP contribution in [0.5, 0.6) is 0 Å². The lowest BCUT2D eigenvalue weighted by Gasteiger charge is -2.38. The Morgan fingerprint density at radius 3 is 2.38 bits per heavy atom. The molecule has 7 heteroatoms. The number of carbonyl (C=O) groups excluding carboxylic acids is 2. The zero-order valence-electron chi connectivity index (χ0n) is 22.2. The number of pyridine rings is 1. The Labute approximate surface area is 219 Å². The zero-order chi connectivity index (χ0) is 26.0. The van der Waals surface area contributed by atoms with Gasteiger partial charge in [-0.15, -0.1) is 0 Å². The molecule has 0 saturated carbocycles. The molecule has 2 aromatic heterocycles. The predicted octanol–water partition coefficient (Wildman–Crippen LogP) is 4.88. The summed E-state index contributed by atoms with van der Waals surface area (Å²) in [7, 11) is 0. The lowest BCUT2D eigenvalue weighted by atomic mass is 9.96. The molecule has 1 saturated heterocycles. The monoisotopic (exact) mass is 499 g/mol. The number of anilines is 2. The fourth-order valence-electron chi connectivity index (χ4n) is 5.49. The molecule has 4 heterocycles. The minimum atomic E-state index is -0.653. The number of rotatable bonds is 6. The second kappa shape index (κ2) is 10.5. The van der Waals surface area contributed by atoms with Gasteiger partial charge in [-0.1, -0.05) is 51.1 Å². The fourth-order valence-corrected chi connectivity index (χ4v) is 5.49. The summed E-state index contributed by atoms with van der Waals surface area (Å²) in [6.07, 6.45) is 4.81. The summed E-state index contributed by atoms with van der Waals surface area (Å²) >= 11 is 0. The van der Waals surface area contributed by atoms with E-state index in [0.717, 1.165) is 81.0 Å². The van der Waals surface area contributed by atoms with Crippen molar-refractivity contribution in [3.8, 4) is 11.1 Å². The van der Waals surface area contributed by atoms with Crippen molar-refractivity contribution in [3.63, 3.8) is 0 Å². The fraction of sp³-hybridized carbons (Fsp3) is 0.433. The zero-order valence-corrected chi connectivity index (χ0v) is 22.2. The smallest absolute Gasteiger partial charge is 0.299 e. The molecule has 0 spiro atoms. The first-order valence-electron chi connectivity index (χ1n) is 13.4. The first-order valence-corrected chi connectivity index (χ1v) is 13.4. The number of amides is 1. The molecule has 194 valence electrons. The van der Waals surface area contributed by atoms with E-state index in [0.29, 0.717) is 16.9 Å². The standard InChI is InChI=1S/C30H37N5O2/c1-30(2,3)21-33-15-17-34(18-16-33)24-12-13-26(31-20-24)32-29(37)28(36)27-25(22-9-5-4-6-10-22)19-23-11-7-8-14-35(23)27/h4-6,9-10,12-13,19-20H,7-8,11,14-18,21H2,1-3H3,(H,31,32,37). The van der Waals surface area contributed by atoms with Crippen LogP contribution in [0.25, 0.3) is 11.1 Å². The van der Waals surface area contributed by atoms with E-state index in [2.05, 4.69) is 46.9 Å². The third kappa shape index (κ3) is 5.77. The van der Waals surface area contributed by atoms with Crippen LogP contribution in [0, 0.1) is 5.41 Å². The van der Waals surface area contributed by atoms with E-state index in [1.807, 2.05) is 41.0 Å². The third-order valence-corrected chi connectivity index (χ3v) is 7.18. The normalized spacial score (nSPS) is 16.4. The Balaban J connectivity index is 1.27. The van der Waals surface area contributed by atoms with Crippen molar-refractivity contribution < 1.29 is 9.59 Å². The number of nitrogens with one attached hydrogen (secondary N) is 1. The van der Waals surface area contributed by atoms with Crippen molar-refractivity contribution in [3.05, 3.63) is 66.1 Å². The molecule has 37 heavy (non-hydrogen) atoms. The van der Waals surface area contributed by atoms with Gasteiger partial charge in [-0.05, 0) is 48.4 Å². The molecule has 0 aliphatic carbocycles. The van der Waals surface area contributed by atoms with E-state index in [1.165, 1.54) is 0 Å². The van der Waals surface area contributed by atoms with Gasteiger partial charge in [0.25, 0.3) is 11.7 Å². The Kier molecular flexibility index (Phi) is 7.15. The van der Waals surface area contributed by atoms with Crippen LogP contribution in [-0.2, 0) is 17.8 Å². The van der Waals surface area contributed by atoms with Gasteiger partial charge in [0.1, 0.15) is 11.5 Å². The minimum Gasteiger partial charge on any atom is -0.368 e. The van der Waals surface area contributed by atoms with Gasteiger partial charge >= 0.3 is 0 Å². The summed E-state index contributed by atoms with van der Waals surface area (Å²) in [5.41, 5.74) is 4.70. The number of nitrogens with zero attached hydrogens (tertiary/aromatic N) is 4. The third-order valence-electron chi connectivity index (χ3n) is 7.18. The van der Waals surface area contributed by atoms with Crippen LogP contribution in [0.1, 0.15) is 49.8 Å². The van der Waals surface area contributed by atoms with Gasteiger partial charge in [0.05, 0.1) is 11.9 Å². The predicted molar refractivity (Wildman–Crippen MR) is 148 cm³/mol. The highest BCUT2D eigenvalue weighted by Gasteiger charge is 2.28. The largest absolute Gasteiger partial charge is 0.368 e. The molecular formula is C30H37N5O2. The van der Waals surface area contributed by atoms with Crippen molar-refractivity contribution in [2.45, 2.75) is 46.6 Å². The molecule has 1 aromatic carbocycles. The Hall–Kier alpha value is -3.45. The van der Waals surface area contributed by atoms with Crippen LogP contribution in [0.4, 0.5) is 11.5 Å².